The maximum absolute atomic E-state index is 12.3. The molecule has 1 aromatic carbocycles. The predicted molar refractivity (Wildman–Crippen MR) is 81.5 cm³/mol. The lowest BCUT2D eigenvalue weighted by Crippen LogP contribution is -2.40. The van der Waals surface area contributed by atoms with Gasteiger partial charge in [-0.3, -0.25) is 4.79 Å². The van der Waals surface area contributed by atoms with Crippen molar-refractivity contribution in [1.82, 2.24) is 5.32 Å². The number of hydrogen-bond donors (Lipinski definition) is 2. The van der Waals surface area contributed by atoms with Gasteiger partial charge in [-0.05, 0) is 72.5 Å². The molecule has 1 saturated carbocycles. The first-order valence-corrected chi connectivity index (χ1v) is 7.47. The third-order valence-corrected chi connectivity index (χ3v) is 4.96. The SMILES string of the molecule is Cc1c(I)cccc1C(=O)NC1CCCC1CN. The summed E-state index contributed by atoms with van der Waals surface area (Å²) in [7, 11) is 0. The molecule has 4 heteroatoms. The molecule has 1 aliphatic carbocycles. The van der Waals surface area contributed by atoms with Crippen LogP contribution in [0, 0.1) is 16.4 Å². The summed E-state index contributed by atoms with van der Waals surface area (Å²) in [6.45, 7) is 2.65. The fourth-order valence-corrected chi connectivity index (χ4v) is 3.11. The number of halogens is 1. The zero-order valence-electron chi connectivity index (χ0n) is 10.6. The van der Waals surface area contributed by atoms with Gasteiger partial charge in [0.05, 0.1) is 0 Å². The van der Waals surface area contributed by atoms with Crippen molar-refractivity contribution >= 4 is 28.5 Å². The standard InChI is InChI=1S/C14H19IN2O/c1-9-11(5-3-6-12(9)15)14(18)17-13-7-2-4-10(13)8-16/h3,5-6,10,13H,2,4,7-8,16H2,1H3,(H,17,18). The Hall–Kier alpha value is -0.620. The molecule has 0 bridgehead atoms. The predicted octanol–water partition coefficient (Wildman–Crippen LogP) is 2.46. The maximum Gasteiger partial charge on any atom is 0.251 e. The van der Waals surface area contributed by atoms with E-state index >= 15 is 0 Å². The Kier molecular flexibility index (Phi) is 4.61. The minimum absolute atomic E-state index is 0.0383. The van der Waals surface area contributed by atoms with Gasteiger partial charge in [0.2, 0.25) is 0 Å². The molecular formula is C14H19IN2O. The number of carbonyl (C=O) groups is 1. The van der Waals surface area contributed by atoms with Crippen LogP contribution in [0.3, 0.4) is 0 Å². The molecule has 1 aromatic rings. The van der Waals surface area contributed by atoms with Crippen LogP contribution < -0.4 is 11.1 Å². The van der Waals surface area contributed by atoms with E-state index in [1.807, 2.05) is 25.1 Å². The molecule has 18 heavy (non-hydrogen) atoms. The van der Waals surface area contributed by atoms with Crippen LogP contribution in [-0.2, 0) is 0 Å². The Labute approximate surface area is 122 Å². The van der Waals surface area contributed by atoms with E-state index in [9.17, 15) is 4.79 Å². The monoisotopic (exact) mass is 358 g/mol. The number of hydrogen-bond acceptors (Lipinski definition) is 2. The van der Waals surface area contributed by atoms with Gasteiger partial charge in [0.15, 0.2) is 0 Å². The van der Waals surface area contributed by atoms with E-state index in [4.69, 9.17) is 5.73 Å². The molecule has 1 fully saturated rings. The number of nitrogens with two attached hydrogens (primary N) is 1. The van der Waals surface area contributed by atoms with Crippen LogP contribution in [-0.4, -0.2) is 18.5 Å². The van der Waals surface area contributed by atoms with Gasteiger partial charge in [0, 0.05) is 15.2 Å². The molecule has 0 aromatic heterocycles. The van der Waals surface area contributed by atoms with Crippen LogP contribution in [0.2, 0.25) is 0 Å². The zero-order chi connectivity index (χ0) is 13.1. The van der Waals surface area contributed by atoms with Crippen LogP contribution in [0.1, 0.15) is 35.2 Å². The largest absolute Gasteiger partial charge is 0.349 e. The summed E-state index contributed by atoms with van der Waals surface area (Å²) in [5.74, 6) is 0.480. The summed E-state index contributed by atoms with van der Waals surface area (Å²) in [5.41, 5.74) is 7.58. The molecule has 0 heterocycles. The topological polar surface area (TPSA) is 55.1 Å². The highest BCUT2D eigenvalue weighted by molar-refractivity contribution is 14.1. The van der Waals surface area contributed by atoms with Gasteiger partial charge < -0.3 is 11.1 Å². The van der Waals surface area contributed by atoms with Crippen molar-refractivity contribution in [2.75, 3.05) is 6.54 Å². The molecule has 2 atom stereocenters. The number of amides is 1. The second-order valence-electron chi connectivity index (χ2n) is 4.92. The summed E-state index contributed by atoms with van der Waals surface area (Å²) >= 11 is 2.26. The summed E-state index contributed by atoms with van der Waals surface area (Å²) in [6.07, 6.45) is 3.35. The fraction of sp³-hybridized carbons (Fsp3) is 0.500. The van der Waals surface area contributed by atoms with Gasteiger partial charge in [-0.15, -0.1) is 0 Å². The zero-order valence-corrected chi connectivity index (χ0v) is 12.7. The van der Waals surface area contributed by atoms with Crippen LogP contribution in [0.5, 0.6) is 0 Å². The van der Waals surface area contributed by atoms with Crippen molar-refractivity contribution in [2.24, 2.45) is 11.7 Å². The third-order valence-electron chi connectivity index (χ3n) is 3.79. The Bertz CT molecular complexity index is 447. The maximum atomic E-state index is 12.3. The Morgan fingerprint density at radius 3 is 3.00 bits per heavy atom. The molecule has 0 aliphatic heterocycles. The molecule has 2 unspecified atom stereocenters. The summed E-state index contributed by atoms with van der Waals surface area (Å²) in [5, 5.41) is 3.14. The van der Waals surface area contributed by atoms with Crippen LogP contribution >= 0.6 is 22.6 Å². The summed E-state index contributed by atoms with van der Waals surface area (Å²) < 4.78 is 1.13. The van der Waals surface area contributed by atoms with E-state index in [0.29, 0.717) is 12.5 Å². The number of nitrogens with one attached hydrogen (secondary N) is 1. The first-order valence-electron chi connectivity index (χ1n) is 6.39. The van der Waals surface area contributed by atoms with Crippen molar-refractivity contribution < 1.29 is 4.79 Å². The third kappa shape index (κ3) is 2.85. The molecule has 1 aliphatic rings. The van der Waals surface area contributed by atoms with Gasteiger partial charge in [-0.2, -0.15) is 0 Å². The highest BCUT2D eigenvalue weighted by Gasteiger charge is 2.27. The molecule has 3 nitrogen and oxygen atoms in total. The Balaban J connectivity index is 2.10. The van der Waals surface area contributed by atoms with E-state index in [-0.39, 0.29) is 11.9 Å². The second kappa shape index (κ2) is 6.02. The van der Waals surface area contributed by atoms with Crippen molar-refractivity contribution in [1.29, 1.82) is 0 Å². The highest BCUT2D eigenvalue weighted by Crippen LogP contribution is 2.25. The van der Waals surface area contributed by atoms with Crippen molar-refractivity contribution in [3.05, 3.63) is 32.9 Å². The molecular weight excluding hydrogens is 339 g/mol. The lowest BCUT2D eigenvalue weighted by molar-refractivity contribution is 0.0928. The van der Waals surface area contributed by atoms with Crippen LogP contribution in [0.25, 0.3) is 0 Å². The lowest BCUT2D eigenvalue weighted by atomic mass is 10.0. The smallest absolute Gasteiger partial charge is 0.251 e. The Morgan fingerprint density at radius 2 is 2.28 bits per heavy atom. The minimum Gasteiger partial charge on any atom is -0.349 e. The highest BCUT2D eigenvalue weighted by atomic mass is 127. The summed E-state index contributed by atoms with van der Waals surface area (Å²) in [4.78, 5) is 12.3. The average Bonchev–Trinajstić information content (AvgIpc) is 2.79. The van der Waals surface area contributed by atoms with Gasteiger partial charge in [0.25, 0.3) is 5.91 Å². The molecule has 2 rings (SSSR count). The van der Waals surface area contributed by atoms with Gasteiger partial charge >= 0.3 is 0 Å². The second-order valence-corrected chi connectivity index (χ2v) is 6.08. The molecule has 1 amide bonds. The molecule has 0 spiro atoms. The van der Waals surface area contributed by atoms with E-state index < -0.39 is 0 Å². The molecule has 3 N–H and O–H groups in total. The lowest BCUT2D eigenvalue weighted by Gasteiger charge is -2.20. The first-order chi connectivity index (χ1) is 8.63. The number of benzene rings is 1. The molecule has 0 radical (unpaired) electrons. The van der Waals surface area contributed by atoms with Gasteiger partial charge in [-0.25, -0.2) is 0 Å². The van der Waals surface area contributed by atoms with E-state index in [1.54, 1.807) is 0 Å². The quantitative estimate of drug-likeness (QED) is 0.816. The van der Waals surface area contributed by atoms with Crippen molar-refractivity contribution in [2.45, 2.75) is 32.2 Å². The summed E-state index contributed by atoms with van der Waals surface area (Å²) in [6, 6.07) is 6.09. The fourth-order valence-electron chi connectivity index (χ4n) is 2.61. The molecule has 98 valence electrons. The first kappa shape index (κ1) is 13.8. The van der Waals surface area contributed by atoms with E-state index in [2.05, 4.69) is 27.9 Å². The van der Waals surface area contributed by atoms with Crippen LogP contribution in [0.4, 0.5) is 0 Å². The normalized spacial score (nSPS) is 23.1. The Morgan fingerprint density at radius 1 is 1.50 bits per heavy atom. The van der Waals surface area contributed by atoms with Crippen LogP contribution in [0.15, 0.2) is 18.2 Å². The number of rotatable bonds is 3. The van der Waals surface area contributed by atoms with Crippen molar-refractivity contribution in [3.63, 3.8) is 0 Å². The van der Waals surface area contributed by atoms with Crippen molar-refractivity contribution in [3.8, 4) is 0 Å². The van der Waals surface area contributed by atoms with E-state index in [1.165, 1.54) is 0 Å². The van der Waals surface area contributed by atoms with Gasteiger partial charge in [0.1, 0.15) is 0 Å². The minimum atomic E-state index is 0.0383. The number of carbonyl (C=O) groups excluding carboxylic acids is 1. The average molecular weight is 358 g/mol. The van der Waals surface area contributed by atoms with Gasteiger partial charge in [-0.1, -0.05) is 12.5 Å². The molecule has 0 saturated heterocycles. The van der Waals surface area contributed by atoms with E-state index in [0.717, 1.165) is 34.0 Å².